The number of sulfonamides is 1. The van der Waals surface area contributed by atoms with Crippen LogP contribution in [0.1, 0.15) is 16.7 Å². The van der Waals surface area contributed by atoms with E-state index < -0.39 is 10.0 Å². The summed E-state index contributed by atoms with van der Waals surface area (Å²) < 4.78 is 27.4. The summed E-state index contributed by atoms with van der Waals surface area (Å²) in [6.07, 6.45) is 0. The maximum Gasteiger partial charge on any atom is 0.263 e. The predicted molar refractivity (Wildman–Crippen MR) is 82.9 cm³/mol. The minimum atomic E-state index is -3.68. The Balaban J connectivity index is 2.43. The van der Waals surface area contributed by atoms with Crippen molar-refractivity contribution in [3.05, 3.63) is 58.1 Å². The summed E-state index contributed by atoms with van der Waals surface area (Å²) in [7, 11) is -3.68. The molecule has 106 valence electrons. The molecular formula is C15H16ClNO2S. The van der Waals surface area contributed by atoms with E-state index in [1.807, 2.05) is 32.9 Å². The first-order valence-electron chi connectivity index (χ1n) is 6.16. The summed E-state index contributed by atoms with van der Waals surface area (Å²) in [5.41, 5.74) is 3.34. The highest BCUT2D eigenvalue weighted by Gasteiger charge is 2.18. The van der Waals surface area contributed by atoms with E-state index in [4.69, 9.17) is 11.6 Å². The molecule has 0 aliphatic carbocycles. The van der Waals surface area contributed by atoms with Crippen molar-refractivity contribution in [3.8, 4) is 0 Å². The van der Waals surface area contributed by atoms with E-state index in [0.717, 1.165) is 16.7 Å². The molecule has 0 bridgehead atoms. The van der Waals surface area contributed by atoms with Crippen molar-refractivity contribution in [1.82, 2.24) is 0 Å². The SMILES string of the molecule is Cc1ccc(S(=O)(=O)Nc2cc(C)ccc2C)c(Cl)c1. The zero-order chi connectivity index (χ0) is 14.9. The van der Waals surface area contributed by atoms with Crippen molar-refractivity contribution in [2.45, 2.75) is 25.7 Å². The number of nitrogens with one attached hydrogen (secondary N) is 1. The highest BCUT2D eigenvalue weighted by atomic mass is 35.5. The Hall–Kier alpha value is -1.52. The van der Waals surface area contributed by atoms with Crippen molar-refractivity contribution in [1.29, 1.82) is 0 Å². The van der Waals surface area contributed by atoms with Crippen molar-refractivity contribution < 1.29 is 8.42 Å². The summed E-state index contributed by atoms with van der Waals surface area (Å²) >= 11 is 6.03. The van der Waals surface area contributed by atoms with Crippen LogP contribution in [0.3, 0.4) is 0 Å². The van der Waals surface area contributed by atoms with Gasteiger partial charge in [0.1, 0.15) is 4.90 Å². The third kappa shape index (κ3) is 3.14. The van der Waals surface area contributed by atoms with Gasteiger partial charge in [0.25, 0.3) is 10.0 Å². The van der Waals surface area contributed by atoms with Crippen molar-refractivity contribution >= 4 is 27.3 Å². The fourth-order valence-electron chi connectivity index (χ4n) is 1.87. The molecule has 0 amide bonds. The largest absolute Gasteiger partial charge is 0.279 e. The Morgan fingerprint density at radius 3 is 2.20 bits per heavy atom. The lowest BCUT2D eigenvalue weighted by Crippen LogP contribution is -2.14. The average molecular weight is 310 g/mol. The molecule has 0 unspecified atom stereocenters. The van der Waals surface area contributed by atoms with Crippen LogP contribution >= 0.6 is 11.6 Å². The molecular weight excluding hydrogens is 294 g/mol. The molecule has 1 N–H and O–H groups in total. The molecule has 0 heterocycles. The molecule has 0 fully saturated rings. The number of hydrogen-bond donors (Lipinski definition) is 1. The molecule has 0 spiro atoms. The number of aryl methyl sites for hydroxylation is 3. The molecule has 2 aromatic rings. The molecule has 0 aromatic heterocycles. The van der Waals surface area contributed by atoms with Gasteiger partial charge in [0.2, 0.25) is 0 Å². The van der Waals surface area contributed by atoms with E-state index in [2.05, 4.69) is 4.72 Å². The quantitative estimate of drug-likeness (QED) is 0.929. The fourth-order valence-corrected chi connectivity index (χ4v) is 3.59. The van der Waals surface area contributed by atoms with E-state index >= 15 is 0 Å². The summed E-state index contributed by atoms with van der Waals surface area (Å²) in [6, 6.07) is 10.5. The van der Waals surface area contributed by atoms with E-state index in [1.54, 1.807) is 18.2 Å². The van der Waals surface area contributed by atoms with Gasteiger partial charge in [0.05, 0.1) is 10.7 Å². The van der Waals surface area contributed by atoms with Crippen LogP contribution in [0.2, 0.25) is 5.02 Å². The standard InChI is InChI=1S/C15H16ClNO2S/c1-10-5-7-15(13(16)8-10)20(18,19)17-14-9-11(2)4-6-12(14)3/h4-9,17H,1-3H3. The number of benzene rings is 2. The second-order valence-electron chi connectivity index (χ2n) is 4.86. The average Bonchev–Trinajstić information content (AvgIpc) is 2.33. The lowest BCUT2D eigenvalue weighted by molar-refractivity contribution is 0.601. The van der Waals surface area contributed by atoms with Crippen LogP contribution in [-0.4, -0.2) is 8.42 Å². The second kappa shape index (κ2) is 5.46. The minimum absolute atomic E-state index is 0.0886. The van der Waals surface area contributed by atoms with Crippen molar-refractivity contribution in [2.75, 3.05) is 4.72 Å². The lowest BCUT2D eigenvalue weighted by atomic mass is 10.1. The minimum Gasteiger partial charge on any atom is -0.279 e. The van der Waals surface area contributed by atoms with Crippen LogP contribution in [0, 0.1) is 20.8 Å². The van der Waals surface area contributed by atoms with Gasteiger partial charge in [-0.05, 0) is 55.7 Å². The molecule has 2 aromatic carbocycles. The zero-order valence-electron chi connectivity index (χ0n) is 11.6. The predicted octanol–water partition coefficient (Wildman–Crippen LogP) is 4.07. The second-order valence-corrected chi connectivity index (χ2v) is 6.92. The van der Waals surface area contributed by atoms with Crippen LogP contribution in [-0.2, 0) is 10.0 Å². The highest BCUT2D eigenvalue weighted by molar-refractivity contribution is 7.92. The van der Waals surface area contributed by atoms with Crippen LogP contribution in [0.4, 0.5) is 5.69 Å². The first-order chi connectivity index (χ1) is 9.29. The Bertz CT molecular complexity index is 754. The summed E-state index contributed by atoms with van der Waals surface area (Å²) in [4.78, 5) is 0.0886. The van der Waals surface area contributed by atoms with Crippen LogP contribution < -0.4 is 4.72 Å². The Labute approximate surface area is 124 Å². The Kier molecular flexibility index (Phi) is 4.06. The van der Waals surface area contributed by atoms with Gasteiger partial charge >= 0.3 is 0 Å². The van der Waals surface area contributed by atoms with E-state index in [9.17, 15) is 8.42 Å². The molecule has 0 saturated carbocycles. The third-order valence-electron chi connectivity index (χ3n) is 3.01. The van der Waals surface area contributed by atoms with E-state index in [1.165, 1.54) is 6.07 Å². The maximum absolute atomic E-state index is 12.4. The summed E-state index contributed by atoms with van der Waals surface area (Å²) in [5, 5.41) is 0.225. The molecule has 20 heavy (non-hydrogen) atoms. The van der Waals surface area contributed by atoms with Gasteiger partial charge < -0.3 is 0 Å². The van der Waals surface area contributed by atoms with Gasteiger partial charge in [-0.1, -0.05) is 29.8 Å². The smallest absolute Gasteiger partial charge is 0.263 e. The lowest BCUT2D eigenvalue weighted by Gasteiger charge is -2.12. The Morgan fingerprint density at radius 1 is 0.950 bits per heavy atom. The third-order valence-corrected chi connectivity index (χ3v) is 4.86. The van der Waals surface area contributed by atoms with Gasteiger partial charge in [0, 0.05) is 0 Å². The highest BCUT2D eigenvalue weighted by Crippen LogP contribution is 2.26. The number of halogens is 1. The van der Waals surface area contributed by atoms with E-state index in [0.29, 0.717) is 5.69 Å². The van der Waals surface area contributed by atoms with E-state index in [-0.39, 0.29) is 9.92 Å². The zero-order valence-corrected chi connectivity index (χ0v) is 13.1. The molecule has 3 nitrogen and oxygen atoms in total. The first kappa shape index (κ1) is 14.9. The van der Waals surface area contributed by atoms with Gasteiger partial charge in [-0.15, -0.1) is 0 Å². The topological polar surface area (TPSA) is 46.2 Å². The molecule has 2 rings (SSSR count). The maximum atomic E-state index is 12.4. The van der Waals surface area contributed by atoms with Crippen LogP contribution in [0.25, 0.3) is 0 Å². The Morgan fingerprint density at radius 2 is 1.55 bits per heavy atom. The summed E-state index contributed by atoms with van der Waals surface area (Å²) in [5.74, 6) is 0. The molecule has 0 atom stereocenters. The number of anilines is 1. The molecule has 5 heteroatoms. The first-order valence-corrected chi connectivity index (χ1v) is 8.02. The molecule has 0 aliphatic rings. The number of rotatable bonds is 3. The van der Waals surface area contributed by atoms with Gasteiger partial charge in [-0.3, -0.25) is 4.72 Å². The fraction of sp³-hybridized carbons (Fsp3) is 0.200. The van der Waals surface area contributed by atoms with Gasteiger partial charge in [-0.25, -0.2) is 8.42 Å². The van der Waals surface area contributed by atoms with Crippen molar-refractivity contribution in [2.24, 2.45) is 0 Å². The normalized spacial score (nSPS) is 11.4. The molecule has 0 saturated heterocycles. The molecule has 0 radical (unpaired) electrons. The van der Waals surface area contributed by atoms with Gasteiger partial charge in [-0.2, -0.15) is 0 Å². The number of hydrogen-bond acceptors (Lipinski definition) is 2. The van der Waals surface area contributed by atoms with Crippen LogP contribution in [0.5, 0.6) is 0 Å². The van der Waals surface area contributed by atoms with Gasteiger partial charge in [0.15, 0.2) is 0 Å². The monoisotopic (exact) mass is 309 g/mol. The van der Waals surface area contributed by atoms with Crippen LogP contribution in [0.15, 0.2) is 41.3 Å². The van der Waals surface area contributed by atoms with Crippen molar-refractivity contribution in [3.63, 3.8) is 0 Å². The summed E-state index contributed by atoms with van der Waals surface area (Å²) in [6.45, 7) is 5.63. The molecule has 0 aliphatic heterocycles.